The molecule has 2 rings (SSSR count). The minimum Gasteiger partial charge on any atom is -0.494 e. The third kappa shape index (κ3) is 1.62. The van der Waals surface area contributed by atoms with E-state index in [4.69, 9.17) is 11.9 Å². The maximum Gasteiger partial charge on any atom is 0.336 e. The highest BCUT2D eigenvalue weighted by atomic mass is 16.5. The molecule has 0 unspecified atom stereocenters. The molecule has 0 amide bonds. The van der Waals surface area contributed by atoms with Gasteiger partial charge >= 0.3 is 5.63 Å². The van der Waals surface area contributed by atoms with Gasteiger partial charge in [0.2, 0.25) is 0 Å². The average Bonchev–Trinajstić information content (AvgIpc) is 2.26. The molecule has 0 bridgehead atoms. The Morgan fingerprint density at radius 3 is 3.14 bits per heavy atom. The van der Waals surface area contributed by atoms with Crippen LogP contribution >= 0.6 is 0 Å². The lowest BCUT2D eigenvalue weighted by atomic mass is 10.2. The predicted octanol–water partition coefficient (Wildman–Crippen LogP) is 2.19. The molecule has 1 aromatic heterocycles. The highest BCUT2D eigenvalue weighted by Gasteiger charge is 1.98. The van der Waals surface area contributed by atoms with Crippen LogP contribution in [0.2, 0.25) is 0 Å². The van der Waals surface area contributed by atoms with Crippen molar-refractivity contribution < 1.29 is 11.9 Å². The second-order valence-electron chi connectivity index (χ2n) is 2.73. The van der Waals surface area contributed by atoms with Crippen molar-refractivity contribution in [2.45, 2.75) is 6.92 Å². The maximum absolute atomic E-state index is 11.2. The van der Waals surface area contributed by atoms with Crippen LogP contribution in [0, 0.1) is 0 Å². The molecule has 0 aliphatic carbocycles. The van der Waals surface area contributed by atoms with E-state index < -0.39 is 11.7 Å². The summed E-state index contributed by atoms with van der Waals surface area (Å²) >= 11 is 0. The van der Waals surface area contributed by atoms with Crippen molar-refractivity contribution in [2.75, 3.05) is 6.61 Å². The first-order valence-corrected chi connectivity index (χ1v) is 4.30. The number of ether oxygens (including phenoxy) is 1. The Morgan fingerprint density at radius 1 is 1.50 bits per heavy atom. The van der Waals surface area contributed by atoms with Gasteiger partial charge in [-0.3, -0.25) is 0 Å². The van der Waals surface area contributed by atoms with Gasteiger partial charge in [0.1, 0.15) is 11.3 Å². The van der Waals surface area contributed by atoms with Crippen molar-refractivity contribution in [1.82, 2.24) is 0 Å². The van der Waals surface area contributed by atoms with Crippen LogP contribution < -0.4 is 10.4 Å². The molecule has 0 aliphatic heterocycles. The van der Waals surface area contributed by atoms with Crippen LogP contribution in [0.15, 0.2) is 39.5 Å². The molecule has 0 N–H and O–H groups in total. The largest absolute Gasteiger partial charge is 0.494 e. The number of fused-ring (bicyclic) bond motifs is 1. The third-order valence-electron chi connectivity index (χ3n) is 1.77. The Hall–Kier alpha value is -1.77. The van der Waals surface area contributed by atoms with Gasteiger partial charge in [-0.1, -0.05) is 0 Å². The summed E-state index contributed by atoms with van der Waals surface area (Å²) in [5, 5.41) is 0.438. The first-order valence-electron chi connectivity index (χ1n) is 5.30. The maximum atomic E-state index is 11.2. The molecule has 0 saturated heterocycles. The van der Waals surface area contributed by atoms with E-state index in [1.165, 1.54) is 0 Å². The van der Waals surface area contributed by atoms with Crippen molar-refractivity contribution in [3.05, 3.63) is 40.7 Å². The number of benzene rings is 1. The molecule has 0 atom stereocenters. The fourth-order valence-electron chi connectivity index (χ4n) is 1.19. The van der Waals surface area contributed by atoms with E-state index >= 15 is 0 Å². The molecule has 0 spiro atoms. The molecule has 0 radical (unpaired) electrons. The fourth-order valence-corrected chi connectivity index (χ4v) is 1.19. The predicted molar refractivity (Wildman–Crippen MR) is 53.7 cm³/mol. The monoisotopic (exact) mass is 192 g/mol. The van der Waals surface area contributed by atoms with Crippen LogP contribution in [0.1, 0.15) is 9.67 Å². The molecule has 0 fully saturated rings. The summed E-state index contributed by atoms with van der Waals surface area (Å²) < 4.78 is 25.1. The molecule has 0 saturated carbocycles. The van der Waals surface area contributed by atoms with Crippen LogP contribution in [-0.4, -0.2) is 6.61 Å². The summed E-state index contributed by atoms with van der Waals surface area (Å²) in [4.78, 5) is 11.2. The summed E-state index contributed by atoms with van der Waals surface area (Å²) in [7, 11) is 0. The Balaban J connectivity index is 2.71. The van der Waals surface area contributed by atoms with Gasteiger partial charge in [-0.25, -0.2) is 4.79 Å². The lowest BCUT2D eigenvalue weighted by molar-refractivity contribution is 0.340. The van der Waals surface area contributed by atoms with Gasteiger partial charge < -0.3 is 9.15 Å². The Kier molecular flexibility index (Phi) is 1.68. The highest BCUT2D eigenvalue weighted by Crippen LogP contribution is 2.19. The van der Waals surface area contributed by atoms with Crippen molar-refractivity contribution in [2.24, 2.45) is 0 Å². The minimum absolute atomic E-state index is 0.116. The Labute approximate surface area is 83.7 Å². The molecule has 3 nitrogen and oxygen atoms in total. The van der Waals surface area contributed by atoms with E-state index in [1.807, 2.05) is 6.92 Å². The summed E-state index contributed by atoms with van der Waals surface area (Å²) in [6.45, 7) is 2.36. The fraction of sp³-hybridized carbons (Fsp3) is 0.182. The normalized spacial score (nSPS) is 12.4. The lowest BCUT2D eigenvalue weighted by Crippen LogP contribution is -1.95. The van der Waals surface area contributed by atoms with Crippen LogP contribution in [0.4, 0.5) is 0 Å². The number of hydrogen-bond donors (Lipinski definition) is 0. The summed E-state index contributed by atoms with van der Waals surface area (Å²) in [6.07, 6.45) is 0. The van der Waals surface area contributed by atoms with E-state index in [9.17, 15) is 4.79 Å². The number of hydrogen-bond acceptors (Lipinski definition) is 3. The molecule has 2 aromatic rings. The van der Waals surface area contributed by atoms with Crippen LogP contribution in [0.3, 0.4) is 0 Å². The summed E-state index contributed by atoms with van der Waals surface area (Å²) in [6, 6.07) is 4.32. The van der Waals surface area contributed by atoms with Gasteiger partial charge in [0.15, 0.2) is 0 Å². The van der Waals surface area contributed by atoms with Crippen LogP contribution in [0.25, 0.3) is 11.0 Å². The van der Waals surface area contributed by atoms with Crippen molar-refractivity contribution >= 4 is 11.0 Å². The van der Waals surface area contributed by atoms with Gasteiger partial charge in [0.25, 0.3) is 0 Å². The zero-order chi connectivity index (χ0) is 11.7. The Morgan fingerprint density at radius 2 is 2.36 bits per heavy atom. The second kappa shape index (κ2) is 3.54. The first kappa shape index (κ1) is 6.65. The van der Waals surface area contributed by atoms with Crippen molar-refractivity contribution in [3.8, 4) is 5.75 Å². The topological polar surface area (TPSA) is 39.4 Å². The quantitative estimate of drug-likeness (QED) is 0.685. The molecule has 72 valence electrons. The molecule has 1 aromatic carbocycles. The van der Waals surface area contributed by atoms with Gasteiger partial charge in [-0.05, 0) is 25.1 Å². The Bertz CT molecular complexity index is 590. The van der Waals surface area contributed by atoms with E-state index in [1.54, 1.807) is 18.2 Å². The van der Waals surface area contributed by atoms with E-state index in [-0.39, 0.29) is 11.6 Å². The third-order valence-corrected chi connectivity index (χ3v) is 1.77. The van der Waals surface area contributed by atoms with E-state index in [0.717, 1.165) is 0 Å². The minimum atomic E-state index is -0.800. The lowest BCUT2D eigenvalue weighted by Gasteiger charge is -2.02. The SMILES string of the molecule is [2H]c1c([2H])c2ccc(OCC)cc2oc1=O. The molecule has 14 heavy (non-hydrogen) atoms. The van der Waals surface area contributed by atoms with Crippen LogP contribution in [0.5, 0.6) is 5.75 Å². The van der Waals surface area contributed by atoms with Gasteiger partial charge in [-0.2, -0.15) is 0 Å². The molecule has 0 aliphatic rings. The zero-order valence-electron chi connectivity index (χ0n) is 9.66. The molecular formula is C11H10O3. The molecule has 1 heterocycles. The standard InChI is InChI=1S/C11H10O3/c1-2-13-9-5-3-8-4-6-11(12)14-10(8)7-9/h3-7H,2H2,1H3/i4D,6D. The van der Waals surface area contributed by atoms with Crippen molar-refractivity contribution in [3.63, 3.8) is 0 Å². The molecular weight excluding hydrogens is 180 g/mol. The summed E-state index contributed by atoms with van der Waals surface area (Å²) in [5.74, 6) is 0.579. The van der Waals surface area contributed by atoms with Gasteiger partial charge in [0, 0.05) is 17.5 Å². The van der Waals surface area contributed by atoms with Gasteiger partial charge in [0.05, 0.1) is 9.35 Å². The number of rotatable bonds is 2. The average molecular weight is 192 g/mol. The van der Waals surface area contributed by atoms with Gasteiger partial charge in [-0.15, -0.1) is 0 Å². The van der Waals surface area contributed by atoms with E-state index in [0.29, 0.717) is 17.7 Å². The second-order valence-corrected chi connectivity index (χ2v) is 2.73. The molecule has 3 heteroatoms. The van der Waals surface area contributed by atoms with E-state index in [2.05, 4.69) is 0 Å². The van der Waals surface area contributed by atoms with Crippen LogP contribution in [-0.2, 0) is 0 Å². The summed E-state index contributed by atoms with van der Waals surface area (Å²) in [5.41, 5.74) is -0.525. The highest BCUT2D eigenvalue weighted by molar-refractivity contribution is 5.77. The zero-order valence-corrected chi connectivity index (χ0v) is 7.66. The smallest absolute Gasteiger partial charge is 0.336 e. The van der Waals surface area contributed by atoms with Crippen molar-refractivity contribution in [1.29, 1.82) is 0 Å². The first-order chi connectivity index (χ1) is 7.63.